The van der Waals surface area contributed by atoms with E-state index in [4.69, 9.17) is 5.84 Å². The van der Waals surface area contributed by atoms with E-state index in [0.29, 0.717) is 5.82 Å². The summed E-state index contributed by atoms with van der Waals surface area (Å²) in [7, 11) is 1.75. The maximum absolute atomic E-state index is 13.7. The third kappa shape index (κ3) is 2.04. The van der Waals surface area contributed by atoms with Crippen LogP contribution in [0.15, 0.2) is 30.6 Å². The van der Waals surface area contributed by atoms with Gasteiger partial charge in [-0.25, -0.2) is 19.2 Å². The smallest absolute Gasteiger partial charge is 0.164 e. The summed E-state index contributed by atoms with van der Waals surface area (Å²) in [5.41, 5.74) is 2.57. The van der Waals surface area contributed by atoms with Crippen molar-refractivity contribution in [1.29, 1.82) is 0 Å². The molecule has 1 aromatic heterocycles. The fourth-order valence-corrected chi connectivity index (χ4v) is 1.70. The van der Waals surface area contributed by atoms with Gasteiger partial charge < -0.3 is 4.57 Å². The van der Waals surface area contributed by atoms with Gasteiger partial charge in [0.25, 0.3) is 0 Å². The summed E-state index contributed by atoms with van der Waals surface area (Å²) in [5.74, 6) is 4.08. The number of rotatable bonds is 3. The van der Waals surface area contributed by atoms with Gasteiger partial charge in [-0.1, -0.05) is 12.1 Å². The molecule has 17 heavy (non-hydrogen) atoms. The van der Waals surface area contributed by atoms with Gasteiger partial charge in [-0.3, -0.25) is 5.84 Å². The lowest BCUT2D eigenvalue weighted by atomic mass is 10.1. The molecule has 0 fully saturated rings. The molecule has 0 bridgehead atoms. The van der Waals surface area contributed by atoms with Crippen LogP contribution < -0.4 is 11.3 Å². The Morgan fingerprint density at radius 1 is 1.41 bits per heavy atom. The monoisotopic (exact) mass is 238 g/mol. The minimum absolute atomic E-state index is 0.127. The van der Waals surface area contributed by atoms with Crippen LogP contribution >= 0.6 is 0 Å². The van der Waals surface area contributed by atoms with Crippen LogP contribution in [0.25, 0.3) is 0 Å². The minimum Gasteiger partial charge on any atom is -0.336 e. The number of hydrogen-bond acceptors (Lipinski definition) is 3. The topological polar surface area (TPSA) is 55.9 Å². The van der Waals surface area contributed by atoms with Crippen molar-refractivity contribution in [2.45, 2.75) is 6.04 Å². The largest absolute Gasteiger partial charge is 0.336 e. The van der Waals surface area contributed by atoms with Crippen LogP contribution in [0.1, 0.15) is 17.4 Å². The van der Waals surface area contributed by atoms with Gasteiger partial charge in [-0.15, -0.1) is 0 Å². The van der Waals surface area contributed by atoms with Crippen LogP contribution in [0.3, 0.4) is 0 Å². The van der Waals surface area contributed by atoms with Crippen molar-refractivity contribution in [1.82, 2.24) is 15.0 Å². The van der Waals surface area contributed by atoms with Crippen molar-refractivity contribution in [3.05, 3.63) is 53.6 Å². The molecule has 0 aliphatic rings. The number of benzene rings is 1. The summed E-state index contributed by atoms with van der Waals surface area (Å²) in [5, 5.41) is 0. The molecule has 1 aromatic carbocycles. The van der Waals surface area contributed by atoms with Crippen LogP contribution in [0.2, 0.25) is 0 Å². The van der Waals surface area contributed by atoms with Crippen molar-refractivity contribution in [2.24, 2.45) is 12.9 Å². The van der Waals surface area contributed by atoms with E-state index in [1.54, 1.807) is 24.0 Å². The first-order valence-corrected chi connectivity index (χ1v) is 5.02. The van der Waals surface area contributed by atoms with Gasteiger partial charge in [0.2, 0.25) is 0 Å². The minimum atomic E-state index is -0.918. The lowest BCUT2D eigenvalue weighted by molar-refractivity contribution is 0.475. The fourth-order valence-electron chi connectivity index (χ4n) is 1.70. The average Bonchev–Trinajstić information content (AvgIpc) is 2.72. The summed E-state index contributed by atoms with van der Waals surface area (Å²) in [4.78, 5) is 4.07. The number of aryl methyl sites for hydroxylation is 1. The maximum Gasteiger partial charge on any atom is 0.164 e. The number of nitrogens with one attached hydrogen (secondary N) is 1. The molecule has 2 rings (SSSR count). The van der Waals surface area contributed by atoms with E-state index in [-0.39, 0.29) is 5.56 Å². The Kier molecular flexibility index (Phi) is 3.16. The van der Waals surface area contributed by atoms with E-state index >= 15 is 0 Å². The number of aromatic nitrogens is 2. The molecule has 0 aliphatic carbocycles. The summed E-state index contributed by atoms with van der Waals surface area (Å²) < 4.78 is 28.5. The highest BCUT2D eigenvalue weighted by Gasteiger charge is 2.21. The standard InChI is InChI=1S/C11H12F2N4/c1-17-6-5-15-11(17)10(16-14)7-3-2-4-8(12)9(7)13/h2-6,10,16H,14H2,1H3. The van der Waals surface area contributed by atoms with Crippen molar-refractivity contribution in [3.8, 4) is 0 Å². The van der Waals surface area contributed by atoms with E-state index in [1.807, 2.05) is 0 Å². The maximum atomic E-state index is 13.7. The molecular formula is C11H12F2N4. The predicted molar refractivity (Wildman–Crippen MR) is 58.7 cm³/mol. The number of hydrazine groups is 1. The lowest BCUT2D eigenvalue weighted by Gasteiger charge is -2.16. The lowest BCUT2D eigenvalue weighted by Crippen LogP contribution is -2.31. The molecule has 1 atom stereocenters. The number of imidazole rings is 1. The molecule has 3 N–H and O–H groups in total. The Labute approximate surface area is 97.0 Å². The SMILES string of the molecule is Cn1ccnc1C(NN)c1cccc(F)c1F. The Bertz CT molecular complexity index is 524. The van der Waals surface area contributed by atoms with Gasteiger partial charge in [-0.05, 0) is 6.07 Å². The molecule has 1 heterocycles. The number of hydrogen-bond donors (Lipinski definition) is 2. The molecular weight excluding hydrogens is 226 g/mol. The van der Waals surface area contributed by atoms with Crippen molar-refractivity contribution in [3.63, 3.8) is 0 Å². The van der Waals surface area contributed by atoms with E-state index in [9.17, 15) is 8.78 Å². The normalized spacial score (nSPS) is 12.7. The van der Waals surface area contributed by atoms with Crippen molar-refractivity contribution >= 4 is 0 Å². The van der Waals surface area contributed by atoms with Gasteiger partial charge in [-0.2, -0.15) is 0 Å². The molecule has 0 amide bonds. The second-order valence-electron chi connectivity index (χ2n) is 3.64. The molecule has 0 saturated heterocycles. The number of nitrogens with two attached hydrogens (primary N) is 1. The van der Waals surface area contributed by atoms with Gasteiger partial charge in [0.15, 0.2) is 11.6 Å². The average molecular weight is 238 g/mol. The van der Waals surface area contributed by atoms with E-state index in [1.165, 1.54) is 12.1 Å². The molecule has 6 heteroatoms. The van der Waals surface area contributed by atoms with Crippen molar-refractivity contribution < 1.29 is 8.78 Å². The first-order valence-electron chi connectivity index (χ1n) is 5.02. The summed E-state index contributed by atoms with van der Waals surface area (Å²) in [6, 6.07) is 3.27. The summed E-state index contributed by atoms with van der Waals surface area (Å²) >= 11 is 0. The first kappa shape index (κ1) is 11.7. The van der Waals surface area contributed by atoms with Crippen LogP contribution in [-0.4, -0.2) is 9.55 Å². The fraction of sp³-hybridized carbons (Fsp3) is 0.182. The van der Waals surface area contributed by atoms with E-state index < -0.39 is 17.7 Å². The highest BCUT2D eigenvalue weighted by atomic mass is 19.2. The quantitative estimate of drug-likeness (QED) is 0.625. The summed E-state index contributed by atoms with van der Waals surface area (Å²) in [6.45, 7) is 0. The highest BCUT2D eigenvalue weighted by Crippen LogP contribution is 2.23. The Hall–Kier alpha value is -1.79. The number of halogens is 2. The van der Waals surface area contributed by atoms with Gasteiger partial charge in [0.05, 0.1) is 0 Å². The van der Waals surface area contributed by atoms with Gasteiger partial charge in [0, 0.05) is 25.0 Å². The third-order valence-corrected chi connectivity index (χ3v) is 2.58. The number of nitrogens with zero attached hydrogens (tertiary/aromatic N) is 2. The van der Waals surface area contributed by atoms with Crippen LogP contribution in [-0.2, 0) is 7.05 Å². The van der Waals surface area contributed by atoms with Gasteiger partial charge in [0.1, 0.15) is 11.9 Å². The highest BCUT2D eigenvalue weighted by molar-refractivity contribution is 5.27. The molecule has 2 aromatic rings. The molecule has 90 valence electrons. The van der Waals surface area contributed by atoms with Crippen LogP contribution in [0, 0.1) is 11.6 Å². The first-order chi connectivity index (χ1) is 8.15. The molecule has 1 unspecified atom stereocenters. The zero-order chi connectivity index (χ0) is 12.4. The second kappa shape index (κ2) is 4.60. The second-order valence-corrected chi connectivity index (χ2v) is 3.64. The van der Waals surface area contributed by atoms with Gasteiger partial charge >= 0.3 is 0 Å². The Morgan fingerprint density at radius 3 is 2.76 bits per heavy atom. The van der Waals surface area contributed by atoms with Crippen LogP contribution in [0.4, 0.5) is 8.78 Å². The zero-order valence-corrected chi connectivity index (χ0v) is 9.19. The van der Waals surface area contributed by atoms with Crippen molar-refractivity contribution in [2.75, 3.05) is 0 Å². The van der Waals surface area contributed by atoms with E-state index in [2.05, 4.69) is 10.4 Å². The molecule has 0 aliphatic heterocycles. The Balaban J connectivity index is 2.50. The molecule has 0 saturated carbocycles. The van der Waals surface area contributed by atoms with E-state index in [0.717, 1.165) is 6.07 Å². The molecule has 4 nitrogen and oxygen atoms in total. The predicted octanol–water partition coefficient (Wildman–Crippen LogP) is 1.25. The molecule has 0 spiro atoms. The zero-order valence-electron chi connectivity index (χ0n) is 9.19. The Morgan fingerprint density at radius 2 is 2.18 bits per heavy atom. The third-order valence-electron chi connectivity index (χ3n) is 2.58. The molecule has 0 radical (unpaired) electrons. The summed E-state index contributed by atoms with van der Waals surface area (Å²) in [6.07, 6.45) is 3.27. The van der Waals surface area contributed by atoms with Crippen LogP contribution in [0.5, 0.6) is 0 Å².